The molecular weight excluding hydrogens is 234 g/mol. The molecule has 1 saturated carbocycles. The molecule has 0 aliphatic heterocycles. The molecule has 0 aromatic carbocycles. The third kappa shape index (κ3) is 2.45. The predicted octanol–water partition coefficient (Wildman–Crippen LogP) is 3.90. The summed E-state index contributed by atoms with van der Waals surface area (Å²) in [5.41, 5.74) is 2.39. The third-order valence-corrected chi connectivity index (χ3v) is 5.06. The summed E-state index contributed by atoms with van der Waals surface area (Å²) < 4.78 is 0. The molecule has 3 atom stereocenters. The Kier molecular flexibility index (Phi) is 3.67. The molecule has 1 aromatic heterocycles. The summed E-state index contributed by atoms with van der Waals surface area (Å²) >= 11 is 0. The maximum absolute atomic E-state index is 12.8. The van der Waals surface area contributed by atoms with Crippen LogP contribution in [0.4, 0.5) is 0 Å². The van der Waals surface area contributed by atoms with Gasteiger partial charge in [-0.25, -0.2) is 0 Å². The van der Waals surface area contributed by atoms with Crippen LogP contribution in [0.5, 0.6) is 0 Å². The van der Waals surface area contributed by atoms with E-state index in [4.69, 9.17) is 0 Å². The topological polar surface area (TPSA) is 30.0 Å². The number of carbonyl (C=O) groups is 1. The predicted molar refractivity (Wildman–Crippen MR) is 76.0 cm³/mol. The smallest absolute Gasteiger partial charge is 0.145 e. The molecule has 0 radical (unpaired) electrons. The van der Waals surface area contributed by atoms with Crippen LogP contribution in [0.25, 0.3) is 0 Å². The number of aromatic nitrogens is 1. The summed E-state index contributed by atoms with van der Waals surface area (Å²) in [6, 6.07) is 4.14. The van der Waals surface area contributed by atoms with Crippen LogP contribution in [0.2, 0.25) is 0 Å². The lowest BCUT2D eigenvalue weighted by Gasteiger charge is -2.25. The number of hydrogen-bond donors (Lipinski definition) is 0. The van der Waals surface area contributed by atoms with Gasteiger partial charge in [-0.05, 0) is 56.1 Å². The summed E-state index contributed by atoms with van der Waals surface area (Å²) in [5.74, 6) is 1.66. The van der Waals surface area contributed by atoms with E-state index in [1.165, 1.54) is 18.4 Å². The van der Waals surface area contributed by atoms with Gasteiger partial charge in [0.15, 0.2) is 0 Å². The van der Waals surface area contributed by atoms with Crippen molar-refractivity contribution in [2.45, 2.75) is 57.8 Å². The monoisotopic (exact) mass is 257 g/mol. The normalized spacial score (nSPS) is 30.1. The highest BCUT2D eigenvalue weighted by Crippen LogP contribution is 2.39. The SMILES string of the molecule is CCC1CCC(C(=O)C2CCCc3cccnc32)C1. The number of carbonyl (C=O) groups excluding carboxylic acids is 1. The van der Waals surface area contributed by atoms with Gasteiger partial charge in [0.2, 0.25) is 0 Å². The standard InChI is InChI=1S/C17H23NO/c1-2-12-8-9-14(11-12)17(19)15-7-3-5-13-6-4-10-18-16(13)15/h4,6,10,12,14-15H,2-3,5,7-9,11H2,1H3. The first kappa shape index (κ1) is 12.8. The molecule has 102 valence electrons. The first-order valence-electron chi connectivity index (χ1n) is 7.77. The summed E-state index contributed by atoms with van der Waals surface area (Å²) in [4.78, 5) is 17.3. The van der Waals surface area contributed by atoms with Crippen LogP contribution >= 0.6 is 0 Å². The van der Waals surface area contributed by atoms with E-state index in [1.54, 1.807) is 0 Å². The highest BCUT2D eigenvalue weighted by molar-refractivity contribution is 5.88. The van der Waals surface area contributed by atoms with Gasteiger partial charge >= 0.3 is 0 Å². The van der Waals surface area contributed by atoms with Crippen LogP contribution in [-0.2, 0) is 11.2 Å². The van der Waals surface area contributed by atoms with Crippen LogP contribution in [0.15, 0.2) is 18.3 Å². The van der Waals surface area contributed by atoms with Crippen molar-refractivity contribution in [1.29, 1.82) is 0 Å². The average molecular weight is 257 g/mol. The van der Waals surface area contributed by atoms with E-state index in [1.807, 2.05) is 12.3 Å². The van der Waals surface area contributed by atoms with E-state index < -0.39 is 0 Å². The number of hydrogen-bond acceptors (Lipinski definition) is 2. The Morgan fingerprint density at radius 1 is 1.37 bits per heavy atom. The second-order valence-electron chi connectivity index (χ2n) is 6.18. The van der Waals surface area contributed by atoms with Gasteiger partial charge < -0.3 is 0 Å². The first-order chi connectivity index (χ1) is 9.29. The largest absolute Gasteiger partial charge is 0.299 e. The van der Waals surface area contributed by atoms with E-state index in [9.17, 15) is 4.79 Å². The maximum Gasteiger partial charge on any atom is 0.145 e. The van der Waals surface area contributed by atoms with Crippen LogP contribution in [0, 0.1) is 11.8 Å². The Hall–Kier alpha value is -1.18. The van der Waals surface area contributed by atoms with Crippen molar-refractivity contribution >= 4 is 5.78 Å². The summed E-state index contributed by atoms with van der Waals surface area (Å²) in [6.45, 7) is 2.25. The molecule has 1 aromatic rings. The summed E-state index contributed by atoms with van der Waals surface area (Å²) in [7, 11) is 0. The Morgan fingerprint density at radius 3 is 3.05 bits per heavy atom. The van der Waals surface area contributed by atoms with E-state index >= 15 is 0 Å². The third-order valence-electron chi connectivity index (χ3n) is 5.06. The van der Waals surface area contributed by atoms with Gasteiger partial charge in [-0.15, -0.1) is 0 Å². The summed E-state index contributed by atoms with van der Waals surface area (Å²) in [6.07, 6.45) is 9.78. The Morgan fingerprint density at radius 2 is 2.26 bits per heavy atom. The lowest BCUT2D eigenvalue weighted by atomic mass is 9.79. The molecule has 0 spiro atoms. The molecule has 0 saturated heterocycles. The zero-order valence-corrected chi connectivity index (χ0v) is 11.8. The van der Waals surface area contributed by atoms with E-state index in [0.29, 0.717) is 11.7 Å². The van der Waals surface area contributed by atoms with E-state index in [2.05, 4.69) is 18.0 Å². The quantitative estimate of drug-likeness (QED) is 0.822. The van der Waals surface area contributed by atoms with Crippen molar-refractivity contribution in [3.05, 3.63) is 29.6 Å². The number of pyridine rings is 1. The van der Waals surface area contributed by atoms with Gasteiger partial charge in [0, 0.05) is 12.1 Å². The highest BCUT2D eigenvalue weighted by atomic mass is 16.1. The number of fused-ring (bicyclic) bond motifs is 1. The molecule has 3 rings (SSSR count). The molecule has 2 nitrogen and oxygen atoms in total. The fourth-order valence-corrected chi connectivity index (χ4v) is 3.88. The van der Waals surface area contributed by atoms with E-state index in [-0.39, 0.29) is 5.92 Å². The molecule has 2 heteroatoms. The number of nitrogens with zero attached hydrogens (tertiary/aromatic N) is 1. The second kappa shape index (κ2) is 5.44. The number of aryl methyl sites for hydroxylation is 1. The minimum Gasteiger partial charge on any atom is -0.299 e. The minimum atomic E-state index is 0.0885. The Balaban J connectivity index is 1.78. The Bertz CT molecular complexity index is 468. The van der Waals surface area contributed by atoms with Crippen molar-refractivity contribution in [2.24, 2.45) is 11.8 Å². The van der Waals surface area contributed by atoms with Gasteiger partial charge in [0.25, 0.3) is 0 Å². The van der Waals surface area contributed by atoms with Crippen LogP contribution in [-0.4, -0.2) is 10.8 Å². The molecule has 2 aliphatic rings. The van der Waals surface area contributed by atoms with Crippen molar-refractivity contribution in [2.75, 3.05) is 0 Å². The van der Waals surface area contributed by atoms with E-state index in [0.717, 1.165) is 43.7 Å². The molecule has 1 heterocycles. The zero-order chi connectivity index (χ0) is 13.2. The first-order valence-corrected chi connectivity index (χ1v) is 7.77. The number of Topliss-reactive ketones (excluding diaryl/α,β-unsaturated/α-hetero) is 1. The molecule has 0 amide bonds. The molecule has 2 aliphatic carbocycles. The number of rotatable bonds is 3. The molecule has 1 fully saturated rings. The molecule has 3 unspecified atom stereocenters. The highest BCUT2D eigenvalue weighted by Gasteiger charge is 2.36. The second-order valence-corrected chi connectivity index (χ2v) is 6.18. The molecule has 0 bridgehead atoms. The van der Waals surface area contributed by atoms with Crippen LogP contribution in [0.1, 0.15) is 62.6 Å². The zero-order valence-electron chi connectivity index (χ0n) is 11.8. The average Bonchev–Trinajstić information content (AvgIpc) is 2.95. The van der Waals surface area contributed by atoms with Crippen LogP contribution in [0.3, 0.4) is 0 Å². The van der Waals surface area contributed by atoms with Gasteiger partial charge in [-0.2, -0.15) is 0 Å². The molecule has 19 heavy (non-hydrogen) atoms. The van der Waals surface area contributed by atoms with Gasteiger partial charge in [0.1, 0.15) is 5.78 Å². The van der Waals surface area contributed by atoms with Crippen molar-refractivity contribution in [1.82, 2.24) is 4.98 Å². The van der Waals surface area contributed by atoms with Crippen LogP contribution < -0.4 is 0 Å². The van der Waals surface area contributed by atoms with Crippen molar-refractivity contribution in [3.63, 3.8) is 0 Å². The van der Waals surface area contributed by atoms with Gasteiger partial charge in [0.05, 0.1) is 11.6 Å². The maximum atomic E-state index is 12.8. The Labute approximate surface area is 115 Å². The molecule has 0 N–H and O–H groups in total. The minimum absolute atomic E-state index is 0.0885. The van der Waals surface area contributed by atoms with Crippen molar-refractivity contribution < 1.29 is 4.79 Å². The van der Waals surface area contributed by atoms with Gasteiger partial charge in [-0.3, -0.25) is 9.78 Å². The fraction of sp³-hybridized carbons (Fsp3) is 0.647. The summed E-state index contributed by atoms with van der Waals surface area (Å²) in [5, 5.41) is 0. The number of ketones is 1. The van der Waals surface area contributed by atoms with Crippen molar-refractivity contribution in [3.8, 4) is 0 Å². The lowest BCUT2D eigenvalue weighted by molar-refractivity contribution is -0.124. The fourth-order valence-electron chi connectivity index (χ4n) is 3.88. The van der Waals surface area contributed by atoms with Gasteiger partial charge in [-0.1, -0.05) is 19.4 Å². The molecular formula is C17H23NO. The lowest BCUT2D eigenvalue weighted by Crippen LogP contribution is -2.25.